The Labute approximate surface area is 118 Å². The number of hydrogen-bond acceptors (Lipinski definition) is 2. The van der Waals surface area contributed by atoms with Gasteiger partial charge in [0.1, 0.15) is 5.03 Å². The third-order valence-corrected chi connectivity index (χ3v) is 4.58. The van der Waals surface area contributed by atoms with Crippen LogP contribution in [0.25, 0.3) is 0 Å². The summed E-state index contributed by atoms with van der Waals surface area (Å²) in [7, 11) is -1.14. The number of carbonyl (C=O) groups is 1. The fourth-order valence-electron chi connectivity index (χ4n) is 1.65. The summed E-state index contributed by atoms with van der Waals surface area (Å²) in [6.45, 7) is 0. The predicted octanol–water partition coefficient (Wildman–Crippen LogP) is 3.11. The van der Waals surface area contributed by atoms with Gasteiger partial charge in [0.2, 0.25) is 0 Å². The van der Waals surface area contributed by atoms with E-state index in [2.05, 4.69) is 5.32 Å². The summed E-state index contributed by atoms with van der Waals surface area (Å²) in [5, 5.41) is 3.63. The molecule has 1 aliphatic rings. The Bertz CT molecular complexity index is 523. The highest BCUT2D eigenvalue weighted by molar-refractivity contribution is 7.89. The van der Waals surface area contributed by atoms with Crippen molar-refractivity contribution in [3.63, 3.8) is 0 Å². The molecule has 0 fully saturated rings. The van der Waals surface area contributed by atoms with Gasteiger partial charge < -0.3 is 5.32 Å². The van der Waals surface area contributed by atoms with Crippen molar-refractivity contribution < 1.29 is 9.00 Å². The summed E-state index contributed by atoms with van der Waals surface area (Å²) in [5.41, 5.74) is 0.212. The maximum atomic E-state index is 12.0. The van der Waals surface area contributed by atoms with Crippen LogP contribution in [-0.2, 0) is 10.8 Å². The first-order valence-electron chi connectivity index (χ1n) is 5.43. The lowest BCUT2D eigenvalue weighted by Crippen LogP contribution is -2.28. The van der Waals surface area contributed by atoms with E-state index in [4.69, 9.17) is 23.2 Å². The van der Waals surface area contributed by atoms with Crippen LogP contribution < -0.4 is 5.32 Å². The predicted molar refractivity (Wildman–Crippen MR) is 74.3 cm³/mol. The molecule has 0 bridgehead atoms. The zero-order chi connectivity index (χ0) is 13.1. The summed E-state index contributed by atoms with van der Waals surface area (Å²) >= 11 is 11.9. The van der Waals surface area contributed by atoms with Crippen molar-refractivity contribution in [1.29, 1.82) is 0 Å². The molecule has 1 heterocycles. The Morgan fingerprint density at radius 3 is 2.56 bits per heavy atom. The minimum absolute atomic E-state index is 0.212. The molecule has 0 saturated carbocycles. The Morgan fingerprint density at radius 2 is 1.94 bits per heavy atom. The van der Waals surface area contributed by atoms with Gasteiger partial charge in [-0.1, -0.05) is 35.3 Å². The molecule has 1 N–H and O–H groups in total. The maximum absolute atomic E-state index is 12.0. The molecule has 18 heavy (non-hydrogen) atoms. The zero-order valence-electron chi connectivity index (χ0n) is 9.41. The molecule has 1 aliphatic heterocycles. The molecular weight excluding hydrogens is 293 g/mol. The zero-order valence-corrected chi connectivity index (χ0v) is 11.7. The van der Waals surface area contributed by atoms with Crippen LogP contribution >= 0.6 is 23.2 Å². The highest BCUT2D eigenvalue weighted by atomic mass is 35.5. The summed E-state index contributed by atoms with van der Waals surface area (Å²) in [4.78, 5) is 12.0. The lowest BCUT2D eigenvalue weighted by molar-refractivity contribution is 0.0968. The highest BCUT2D eigenvalue weighted by Crippen LogP contribution is 2.24. The first kappa shape index (κ1) is 13.6. The van der Waals surface area contributed by atoms with Crippen LogP contribution in [0.5, 0.6) is 0 Å². The van der Waals surface area contributed by atoms with E-state index in [0.717, 1.165) is 12.8 Å². The van der Waals surface area contributed by atoms with Crippen LogP contribution in [0, 0.1) is 0 Å². The van der Waals surface area contributed by atoms with Gasteiger partial charge in [0.15, 0.2) is 0 Å². The van der Waals surface area contributed by atoms with Crippen molar-refractivity contribution >= 4 is 39.9 Å². The van der Waals surface area contributed by atoms with Crippen molar-refractivity contribution in [1.82, 2.24) is 5.32 Å². The molecule has 96 valence electrons. The Morgan fingerprint density at radius 1 is 1.28 bits per heavy atom. The molecule has 1 unspecified atom stereocenters. The average molecular weight is 304 g/mol. The van der Waals surface area contributed by atoms with Gasteiger partial charge >= 0.3 is 0 Å². The van der Waals surface area contributed by atoms with Gasteiger partial charge in [0.05, 0.1) is 26.4 Å². The number of benzene rings is 1. The molecule has 0 aromatic heterocycles. The molecule has 0 aliphatic carbocycles. The van der Waals surface area contributed by atoms with Crippen LogP contribution in [0.4, 0.5) is 0 Å². The third-order valence-electron chi connectivity index (χ3n) is 2.54. The largest absolute Gasteiger partial charge is 0.315 e. The van der Waals surface area contributed by atoms with Crippen LogP contribution in [0.15, 0.2) is 29.3 Å². The molecule has 0 radical (unpaired) electrons. The number of amides is 1. The molecule has 3 nitrogen and oxygen atoms in total. The molecular formula is C12H11Cl2NO2S. The second-order valence-electron chi connectivity index (χ2n) is 3.81. The second kappa shape index (κ2) is 5.87. The van der Waals surface area contributed by atoms with Crippen LogP contribution in [-0.4, -0.2) is 15.9 Å². The third kappa shape index (κ3) is 2.94. The quantitative estimate of drug-likeness (QED) is 0.912. The average Bonchev–Trinajstić information content (AvgIpc) is 2.32. The minimum Gasteiger partial charge on any atom is -0.315 e. The summed E-state index contributed by atoms with van der Waals surface area (Å²) in [5.74, 6) is 0.148. The summed E-state index contributed by atoms with van der Waals surface area (Å²) in [6.07, 6.45) is 3.47. The number of hydrogen-bond donors (Lipinski definition) is 1. The highest BCUT2D eigenvalue weighted by Gasteiger charge is 2.19. The van der Waals surface area contributed by atoms with E-state index >= 15 is 0 Å². The molecule has 1 atom stereocenters. The molecule has 1 aromatic rings. The summed E-state index contributed by atoms with van der Waals surface area (Å²) < 4.78 is 11.7. The normalized spacial score (nSPS) is 19.2. The van der Waals surface area contributed by atoms with Crippen LogP contribution in [0.1, 0.15) is 23.2 Å². The van der Waals surface area contributed by atoms with Gasteiger partial charge in [0, 0.05) is 5.75 Å². The molecule has 2 rings (SSSR count). The summed E-state index contributed by atoms with van der Waals surface area (Å²) in [6, 6.07) is 4.85. The van der Waals surface area contributed by atoms with Gasteiger partial charge in [-0.05, 0) is 25.0 Å². The SMILES string of the molecule is O=C(NC1=CCCCS1=O)c1c(Cl)cccc1Cl. The molecule has 6 heteroatoms. The van der Waals surface area contributed by atoms with Crippen LogP contribution in [0.2, 0.25) is 10.0 Å². The van der Waals surface area contributed by atoms with Crippen LogP contribution in [0.3, 0.4) is 0 Å². The molecule has 0 spiro atoms. The lowest BCUT2D eigenvalue weighted by Gasteiger charge is -2.14. The number of rotatable bonds is 2. The van der Waals surface area contributed by atoms with Gasteiger partial charge in [-0.25, -0.2) is 0 Å². The topological polar surface area (TPSA) is 46.2 Å². The van der Waals surface area contributed by atoms with Gasteiger partial charge in [-0.3, -0.25) is 9.00 Å². The Balaban J connectivity index is 2.22. The smallest absolute Gasteiger partial charge is 0.259 e. The minimum atomic E-state index is -1.14. The van der Waals surface area contributed by atoms with Crippen molar-refractivity contribution in [2.45, 2.75) is 12.8 Å². The molecule has 0 saturated heterocycles. The van der Waals surface area contributed by atoms with E-state index in [9.17, 15) is 9.00 Å². The van der Waals surface area contributed by atoms with Gasteiger partial charge in [-0.2, -0.15) is 0 Å². The fraction of sp³-hybridized carbons (Fsp3) is 0.250. The Kier molecular flexibility index (Phi) is 4.43. The fourth-order valence-corrected chi connectivity index (χ4v) is 3.38. The van der Waals surface area contributed by atoms with E-state index in [1.807, 2.05) is 0 Å². The first-order chi connectivity index (χ1) is 8.59. The first-order valence-corrected chi connectivity index (χ1v) is 7.51. The van der Waals surface area contributed by atoms with E-state index in [1.54, 1.807) is 24.3 Å². The van der Waals surface area contributed by atoms with Crippen molar-refractivity contribution in [3.05, 3.63) is 44.9 Å². The molecule has 1 amide bonds. The number of nitrogens with one attached hydrogen (secondary N) is 1. The Hall–Kier alpha value is -0.840. The van der Waals surface area contributed by atoms with E-state index in [-0.39, 0.29) is 15.6 Å². The van der Waals surface area contributed by atoms with E-state index < -0.39 is 16.7 Å². The lowest BCUT2D eigenvalue weighted by atomic mass is 10.2. The van der Waals surface area contributed by atoms with Crippen molar-refractivity contribution in [3.8, 4) is 0 Å². The van der Waals surface area contributed by atoms with Crippen molar-refractivity contribution in [2.24, 2.45) is 0 Å². The monoisotopic (exact) mass is 303 g/mol. The number of carbonyl (C=O) groups excluding carboxylic acids is 1. The number of halogens is 2. The van der Waals surface area contributed by atoms with Gasteiger partial charge in [-0.15, -0.1) is 0 Å². The number of allylic oxidation sites excluding steroid dienone is 1. The van der Waals surface area contributed by atoms with E-state index in [0.29, 0.717) is 10.8 Å². The van der Waals surface area contributed by atoms with Gasteiger partial charge in [0.25, 0.3) is 5.91 Å². The molecule has 1 aromatic carbocycles. The van der Waals surface area contributed by atoms with E-state index in [1.165, 1.54) is 0 Å². The van der Waals surface area contributed by atoms with Crippen molar-refractivity contribution in [2.75, 3.05) is 5.75 Å². The maximum Gasteiger partial charge on any atom is 0.259 e. The standard InChI is InChI=1S/C12H11Cl2NO2S/c13-8-4-3-5-9(14)11(8)12(16)15-10-6-1-2-7-18(10)17/h3-6H,1-2,7H2,(H,15,16). The second-order valence-corrected chi connectivity index (χ2v) is 6.16.